The molecule has 1 aromatic carbocycles. The molecular weight excluding hydrogens is 331 g/mol. The van der Waals surface area contributed by atoms with Crippen molar-refractivity contribution in [3.05, 3.63) is 35.4 Å². The molecule has 0 aromatic heterocycles. The highest BCUT2D eigenvalue weighted by molar-refractivity contribution is 5.28. The van der Waals surface area contributed by atoms with E-state index in [1.807, 2.05) is 0 Å². The zero-order valence-electron chi connectivity index (χ0n) is 10.6. The van der Waals surface area contributed by atoms with Crippen molar-refractivity contribution in [3.8, 4) is 0 Å². The maximum atomic E-state index is 13.5. The van der Waals surface area contributed by atoms with Gasteiger partial charge in [-0.15, -0.1) is 0 Å². The van der Waals surface area contributed by atoms with E-state index < -0.39 is 36.1 Å². The topological polar surface area (TPSA) is 20.2 Å². The minimum atomic E-state index is -6.91. The van der Waals surface area contributed by atoms with E-state index in [-0.39, 0.29) is 12.0 Å². The highest BCUT2D eigenvalue weighted by Gasteiger charge is 2.81. The van der Waals surface area contributed by atoms with Crippen molar-refractivity contribution in [3.63, 3.8) is 0 Å². The number of aliphatic hydroxyl groups excluding tert-OH is 1. The molecule has 0 saturated heterocycles. The average molecular weight is 340 g/mol. The molecule has 0 heterocycles. The monoisotopic (exact) mass is 340 g/mol. The fourth-order valence-corrected chi connectivity index (χ4v) is 1.57. The van der Waals surface area contributed by atoms with Crippen LogP contribution in [-0.4, -0.2) is 29.7 Å². The summed E-state index contributed by atoms with van der Waals surface area (Å²) in [7, 11) is 0. The number of benzene rings is 1. The van der Waals surface area contributed by atoms with Gasteiger partial charge in [-0.25, -0.2) is 0 Å². The second-order valence-corrected chi connectivity index (χ2v) is 4.39. The Bertz CT molecular complexity index is 504. The second kappa shape index (κ2) is 5.64. The third-order valence-corrected chi connectivity index (χ3v) is 2.86. The molecule has 10 heteroatoms. The van der Waals surface area contributed by atoms with E-state index in [2.05, 4.69) is 0 Å². The fourth-order valence-electron chi connectivity index (χ4n) is 1.57. The molecule has 0 amide bonds. The average Bonchev–Trinajstić information content (AvgIpc) is 2.38. The van der Waals surface area contributed by atoms with E-state index in [4.69, 9.17) is 5.11 Å². The maximum absolute atomic E-state index is 13.5. The van der Waals surface area contributed by atoms with Crippen LogP contribution in [0, 0.1) is 0 Å². The summed E-state index contributed by atoms with van der Waals surface area (Å²) in [6, 6.07) is 2.26. The number of halogens is 9. The Morgan fingerprint density at radius 2 is 1.18 bits per heavy atom. The van der Waals surface area contributed by atoms with Gasteiger partial charge < -0.3 is 5.11 Å². The standard InChI is InChI=1S/C12H9F9O/c13-9(14,8-3-1-7(2-4-8)5-6-22)10(15,16)11(17,18)12(19,20)21/h1-4,22H,5-6H2. The number of hydrogen-bond acceptors (Lipinski definition) is 1. The lowest BCUT2D eigenvalue weighted by Gasteiger charge is -2.33. The summed E-state index contributed by atoms with van der Waals surface area (Å²) in [5, 5.41) is 8.58. The normalized spacial score (nSPS) is 14.3. The molecule has 0 spiro atoms. The Hall–Kier alpha value is -1.45. The van der Waals surface area contributed by atoms with Crippen LogP contribution in [0.15, 0.2) is 24.3 Å². The van der Waals surface area contributed by atoms with Crippen molar-refractivity contribution in [1.29, 1.82) is 0 Å². The highest BCUT2D eigenvalue weighted by atomic mass is 19.4. The van der Waals surface area contributed by atoms with E-state index in [0.29, 0.717) is 12.1 Å². The van der Waals surface area contributed by atoms with E-state index in [9.17, 15) is 39.5 Å². The molecule has 126 valence electrons. The predicted octanol–water partition coefficient (Wildman–Crippen LogP) is 4.15. The molecule has 0 atom stereocenters. The molecule has 0 bridgehead atoms. The zero-order chi connectivity index (χ0) is 17.4. The van der Waals surface area contributed by atoms with Gasteiger partial charge in [0.25, 0.3) is 0 Å². The lowest BCUT2D eigenvalue weighted by molar-refractivity contribution is -0.399. The third kappa shape index (κ3) is 2.88. The van der Waals surface area contributed by atoms with Crippen molar-refractivity contribution >= 4 is 0 Å². The summed E-state index contributed by atoms with van der Waals surface area (Å²) < 4.78 is 115. The summed E-state index contributed by atoms with van der Waals surface area (Å²) in [5.41, 5.74) is -1.48. The molecule has 0 unspecified atom stereocenters. The van der Waals surface area contributed by atoms with Crippen LogP contribution >= 0.6 is 0 Å². The molecule has 0 aliphatic rings. The quantitative estimate of drug-likeness (QED) is 0.799. The molecule has 1 nitrogen and oxygen atoms in total. The first-order valence-corrected chi connectivity index (χ1v) is 5.69. The van der Waals surface area contributed by atoms with Gasteiger partial charge in [0.05, 0.1) is 0 Å². The minimum absolute atomic E-state index is 0.0268. The van der Waals surface area contributed by atoms with Crippen LogP contribution in [0.3, 0.4) is 0 Å². The number of hydrogen-bond donors (Lipinski definition) is 1. The summed E-state index contributed by atoms with van der Waals surface area (Å²) in [6.07, 6.45) is -6.86. The van der Waals surface area contributed by atoms with Gasteiger partial charge in [0.1, 0.15) is 0 Å². The van der Waals surface area contributed by atoms with E-state index in [1.54, 1.807) is 0 Å². The summed E-state index contributed by atoms with van der Waals surface area (Å²) in [4.78, 5) is 0. The van der Waals surface area contributed by atoms with Crippen molar-refractivity contribution in [2.75, 3.05) is 6.61 Å². The molecule has 0 fully saturated rings. The first-order valence-electron chi connectivity index (χ1n) is 5.69. The smallest absolute Gasteiger partial charge is 0.396 e. The number of aliphatic hydroxyl groups is 1. The van der Waals surface area contributed by atoms with E-state index >= 15 is 0 Å². The molecular formula is C12H9F9O. The van der Waals surface area contributed by atoms with Crippen LogP contribution in [0.5, 0.6) is 0 Å². The fraction of sp³-hybridized carbons (Fsp3) is 0.500. The van der Waals surface area contributed by atoms with Gasteiger partial charge in [0, 0.05) is 12.2 Å². The summed E-state index contributed by atoms with van der Waals surface area (Å²) in [5.74, 6) is -19.3. The lowest BCUT2D eigenvalue weighted by atomic mass is 9.95. The molecule has 1 rings (SSSR count). The van der Waals surface area contributed by atoms with E-state index in [0.717, 1.165) is 12.1 Å². The van der Waals surface area contributed by atoms with Gasteiger partial charge >= 0.3 is 23.9 Å². The molecule has 1 aromatic rings. The van der Waals surface area contributed by atoms with Gasteiger partial charge in [0.15, 0.2) is 0 Å². The second-order valence-electron chi connectivity index (χ2n) is 4.39. The van der Waals surface area contributed by atoms with Crippen LogP contribution < -0.4 is 0 Å². The zero-order valence-corrected chi connectivity index (χ0v) is 10.6. The van der Waals surface area contributed by atoms with Crippen molar-refractivity contribution in [2.24, 2.45) is 0 Å². The largest absolute Gasteiger partial charge is 0.460 e. The third-order valence-electron chi connectivity index (χ3n) is 2.86. The summed E-state index contributed by atoms with van der Waals surface area (Å²) >= 11 is 0. The van der Waals surface area contributed by atoms with Gasteiger partial charge in [0.2, 0.25) is 0 Å². The number of rotatable bonds is 5. The Labute approximate surface area is 118 Å². The Balaban J connectivity index is 3.26. The number of alkyl halides is 9. The van der Waals surface area contributed by atoms with Gasteiger partial charge in [-0.2, -0.15) is 39.5 Å². The minimum Gasteiger partial charge on any atom is -0.396 e. The molecule has 0 saturated carbocycles. The molecule has 22 heavy (non-hydrogen) atoms. The highest BCUT2D eigenvalue weighted by Crippen LogP contribution is 2.56. The molecule has 0 aliphatic carbocycles. The van der Waals surface area contributed by atoms with Crippen molar-refractivity contribution in [1.82, 2.24) is 0 Å². The van der Waals surface area contributed by atoms with Gasteiger partial charge in [-0.05, 0) is 12.0 Å². The maximum Gasteiger partial charge on any atom is 0.460 e. The first-order chi connectivity index (χ1) is 9.79. The molecule has 0 radical (unpaired) electrons. The predicted molar refractivity (Wildman–Crippen MR) is 57.1 cm³/mol. The van der Waals surface area contributed by atoms with Crippen LogP contribution in [0.25, 0.3) is 0 Å². The molecule has 1 N–H and O–H groups in total. The Kier molecular flexibility index (Phi) is 4.76. The van der Waals surface area contributed by atoms with Crippen molar-refractivity contribution in [2.45, 2.75) is 30.4 Å². The summed E-state index contributed by atoms with van der Waals surface area (Å²) in [6.45, 7) is -0.391. The Morgan fingerprint density at radius 1 is 0.727 bits per heavy atom. The van der Waals surface area contributed by atoms with E-state index in [1.165, 1.54) is 0 Å². The van der Waals surface area contributed by atoms with Gasteiger partial charge in [-0.3, -0.25) is 0 Å². The van der Waals surface area contributed by atoms with Crippen LogP contribution in [0.2, 0.25) is 0 Å². The van der Waals surface area contributed by atoms with Crippen LogP contribution in [0.4, 0.5) is 39.5 Å². The van der Waals surface area contributed by atoms with Gasteiger partial charge in [-0.1, -0.05) is 24.3 Å². The van der Waals surface area contributed by atoms with Crippen LogP contribution in [0.1, 0.15) is 11.1 Å². The molecule has 0 aliphatic heterocycles. The first kappa shape index (κ1) is 18.6. The van der Waals surface area contributed by atoms with Crippen LogP contribution in [-0.2, 0) is 12.3 Å². The Morgan fingerprint density at radius 3 is 1.55 bits per heavy atom. The SMILES string of the molecule is OCCc1ccc(C(F)(F)C(F)(F)C(F)(F)C(F)(F)F)cc1. The van der Waals surface area contributed by atoms with Crippen molar-refractivity contribution < 1.29 is 44.6 Å². The lowest BCUT2D eigenvalue weighted by Crippen LogP contribution is -2.59.